The van der Waals surface area contributed by atoms with Crippen molar-refractivity contribution in [3.63, 3.8) is 0 Å². The van der Waals surface area contributed by atoms with E-state index in [0.717, 1.165) is 16.7 Å². The summed E-state index contributed by atoms with van der Waals surface area (Å²) in [4.78, 5) is 26.0. The molecule has 3 aromatic rings. The Morgan fingerprint density at radius 2 is 1.56 bits per heavy atom. The van der Waals surface area contributed by atoms with Crippen LogP contribution in [0.4, 0.5) is 10.1 Å². The van der Waals surface area contributed by atoms with Crippen LogP contribution >= 0.6 is 0 Å². The molecule has 3 aromatic carbocycles. The van der Waals surface area contributed by atoms with E-state index in [4.69, 9.17) is 10.5 Å². The minimum atomic E-state index is -0.875. The van der Waals surface area contributed by atoms with E-state index in [9.17, 15) is 19.1 Å². The van der Waals surface area contributed by atoms with E-state index < -0.39 is 23.5 Å². The number of nitrogen functional groups attached to an aromatic ring is 1. The molecule has 0 heterocycles. The number of carbonyl (C=O) groups is 2. The van der Waals surface area contributed by atoms with E-state index in [0.29, 0.717) is 36.9 Å². The molecule has 4 N–H and O–H groups in total. The summed E-state index contributed by atoms with van der Waals surface area (Å²) in [7, 11) is 0. The molecule has 0 aromatic heterocycles. The van der Waals surface area contributed by atoms with Crippen molar-refractivity contribution in [2.75, 3.05) is 5.73 Å². The van der Waals surface area contributed by atoms with E-state index >= 15 is 0 Å². The number of phenolic OH excluding ortho intramolecular Hbond substituents is 1. The summed E-state index contributed by atoms with van der Waals surface area (Å²) in [6.45, 7) is 5.30. The lowest BCUT2D eigenvalue weighted by molar-refractivity contribution is -0.157. The fraction of sp³-hybridized carbons (Fsp3) is 0.310. The molecule has 0 bridgehead atoms. The zero-order valence-electron chi connectivity index (χ0n) is 20.9. The zero-order valence-corrected chi connectivity index (χ0v) is 20.9. The summed E-state index contributed by atoms with van der Waals surface area (Å²) in [5, 5.41) is 12.3. The fourth-order valence-electron chi connectivity index (χ4n) is 3.73. The SMILES string of the molecule is CC(C)(C)OC(=O)[C@H](CCc1ccc(F)cc1)NC(=O)c1ccc(N)c(CCc2ccc(O)cc2)c1. The van der Waals surface area contributed by atoms with Crippen molar-refractivity contribution in [2.24, 2.45) is 0 Å². The number of hydrogen-bond donors (Lipinski definition) is 3. The van der Waals surface area contributed by atoms with E-state index in [1.807, 2.05) is 12.1 Å². The van der Waals surface area contributed by atoms with E-state index in [1.54, 1.807) is 63.2 Å². The van der Waals surface area contributed by atoms with Gasteiger partial charge in [0.05, 0.1) is 0 Å². The zero-order chi connectivity index (χ0) is 26.3. The van der Waals surface area contributed by atoms with Gasteiger partial charge < -0.3 is 20.9 Å². The Kier molecular flexibility index (Phi) is 8.69. The highest BCUT2D eigenvalue weighted by molar-refractivity contribution is 5.97. The number of nitrogens with two attached hydrogens (primary N) is 1. The Morgan fingerprint density at radius 3 is 2.19 bits per heavy atom. The highest BCUT2D eigenvalue weighted by Crippen LogP contribution is 2.19. The Bertz CT molecular complexity index is 1190. The summed E-state index contributed by atoms with van der Waals surface area (Å²) in [5.74, 6) is -1.06. The molecule has 36 heavy (non-hydrogen) atoms. The molecule has 0 aliphatic rings. The molecule has 0 saturated heterocycles. The minimum Gasteiger partial charge on any atom is -0.508 e. The van der Waals surface area contributed by atoms with Crippen LogP contribution in [0.1, 0.15) is 54.2 Å². The number of aryl methyl sites for hydroxylation is 3. The van der Waals surface area contributed by atoms with E-state index in [-0.39, 0.29) is 11.6 Å². The molecule has 1 amide bonds. The topological polar surface area (TPSA) is 102 Å². The van der Waals surface area contributed by atoms with Crippen LogP contribution in [-0.2, 0) is 28.8 Å². The summed E-state index contributed by atoms with van der Waals surface area (Å²) < 4.78 is 18.8. The van der Waals surface area contributed by atoms with Gasteiger partial charge in [0.2, 0.25) is 0 Å². The lowest BCUT2D eigenvalue weighted by atomic mass is 10.00. The van der Waals surface area contributed by atoms with E-state index in [1.165, 1.54) is 12.1 Å². The number of ether oxygens (including phenoxy) is 1. The molecule has 1 atom stereocenters. The number of hydrogen-bond acceptors (Lipinski definition) is 5. The molecule has 0 saturated carbocycles. The Labute approximate surface area is 211 Å². The third-order valence-corrected chi connectivity index (χ3v) is 5.66. The minimum absolute atomic E-state index is 0.205. The Hall–Kier alpha value is -3.87. The second-order valence-electron chi connectivity index (χ2n) is 9.80. The highest BCUT2D eigenvalue weighted by atomic mass is 19.1. The number of rotatable bonds is 9. The van der Waals surface area contributed by atoms with Gasteiger partial charge in [0.25, 0.3) is 5.91 Å². The van der Waals surface area contributed by atoms with Crippen LogP contribution in [0.5, 0.6) is 5.75 Å². The molecule has 0 unspecified atom stereocenters. The first kappa shape index (κ1) is 26.7. The van der Waals surface area contributed by atoms with Crippen molar-refractivity contribution in [1.82, 2.24) is 5.32 Å². The summed E-state index contributed by atoms with van der Waals surface area (Å²) in [5.41, 5.74) is 9.10. The predicted molar refractivity (Wildman–Crippen MR) is 138 cm³/mol. The third kappa shape index (κ3) is 8.12. The molecule has 190 valence electrons. The van der Waals surface area contributed by atoms with Gasteiger partial charge in [-0.2, -0.15) is 0 Å². The number of aromatic hydroxyl groups is 1. The summed E-state index contributed by atoms with van der Waals surface area (Å²) >= 11 is 0. The van der Waals surface area contributed by atoms with Gasteiger partial charge >= 0.3 is 5.97 Å². The van der Waals surface area contributed by atoms with Crippen molar-refractivity contribution < 1.29 is 23.8 Å². The molecule has 7 heteroatoms. The van der Waals surface area contributed by atoms with Gasteiger partial charge in [-0.25, -0.2) is 9.18 Å². The summed E-state index contributed by atoms with van der Waals surface area (Å²) in [6, 6.07) is 17.2. The Morgan fingerprint density at radius 1 is 0.944 bits per heavy atom. The van der Waals surface area contributed by atoms with E-state index in [2.05, 4.69) is 5.32 Å². The monoisotopic (exact) mass is 492 g/mol. The molecule has 0 radical (unpaired) electrons. The number of carbonyl (C=O) groups excluding carboxylic acids is 2. The lowest BCUT2D eigenvalue weighted by Crippen LogP contribution is -2.44. The van der Waals surface area contributed by atoms with Crippen LogP contribution in [0.25, 0.3) is 0 Å². The molecular weight excluding hydrogens is 459 g/mol. The first-order valence-corrected chi connectivity index (χ1v) is 11.9. The average molecular weight is 493 g/mol. The van der Waals surface area contributed by atoms with Crippen LogP contribution < -0.4 is 11.1 Å². The number of amides is 1. The second-order valence-corrected chi connectivity index (χ2v) is 9.80. The maximum absolute atomic E-state index is 13.2. The van der Waals surface area contributed by atoms with Gasteiger partial charge in [0, 0.05) is 11.3 Å². The van der Waals surface area contributed by atoms with Gasteiger partial charge in [-0.1, -0.05) is 24.3 Å². The summed E-state index contributed by atoms with van der Waals surface area (Å²) in [6.07, 6.45) is 2.06. The Balaban J connectivity index is 1.72. The first-order chi connectivity index (χ1) is 17.0. The van der Waals surface area contributed by atoms with Crippen LogP contribution in [0.3, 0.4) is 0 Å². The maximum atomic E-state index is 13.2. The van der Waals surface area contributed by atoms with Crippen molar-refractivity contribution in [3.05, 3.63) is 94.8 Å². The van der Waals surface area contributed by atoms with Gasteiger partial charge in [-0.15, -0.1) is 0 Å². The smallest absolute Gasteiger partial charge is 0.329 e. The number of esters is 1. The van der Waals surface area contributed by atoms with Gasteiger partial charge in [0.15, 0.2) is 0 Å². The fourth-order valence-corrected chi connectivity index (χ4v) is 3.73. The largest absolute Gasteiger partial charge is 0.508 e. The van der Waals surface area contributed by atoms with Crippen molar-refractivity contribution in [3.8, 4) is 5.75 Å². The van der Waals surface area contributed by atoms with Crippen molar-refractivity contribution in [2.45, 2.75) is 58.1 Å². The second kappa shape index (κ2) is 11.7. The predicted octanol–water partition coefficient (Wildman–Crippen LogP) is 4.97. The van der Waals surface area contributed by atoms with Gasteiger partial charge in [-0.05, 0) is 106 Å². The number of benzene rings is 3. The van der Waals surface area contributed by atoms with Crippen molar-refractivity contribution in [1.29, 1.82) is 0 Å². The normalized spacial score (nSPS) is 12.1. The van der Waals surface area contributed by atoms with Crippen LogP contribution in [-0.4, -0.2) is 28.6 Å². The first-order valence-electron chi connectivity index (χ1n) is 11.9. The number of nitrogens with one attached hydrogen (secondary N) is 1. The maximum Gasteiger partial charge on any atom is 0.329 e. The molecule has 0 spiro atoms. The quantitative estimate of drug-likeness (QED) is 0.289. The molecule has 0 aliphatic carbocycles. The third-order valence-electron chi connectivity index (χ3n) is 5.66. The number of halogens is 1. The van der Waals surface area contributed by atoms with Crippen LogP contribution in [0.2, 0.25) is 0 Å². The molecule has 3 rings (SSSR count). The molecule has 0 fully saturated rings. The lowest BCUT2D eigenvalue weighted by Gasteiger charge is -2.25. The van der Waals surface area contributed by atoms with Gasteiger partial charge in [-0.3, -0.25) is 4.79 Å². The molecule has 6 nitrogen and oxygen atoms in total. The van der Waals surface area contributed by atoms with Gasteiger partial charge in [0.1, 0.15) is 23.2 Å². The standard InChI is InChI=1S/C29H33FN2O4/c1-29(2,3)36-28(35)26(17-9-20-5-12-23(30)13-6-20)32-27(34)22-11-16-25(31)21(18-22)10-4-19-7-14-24(33)15-8-19/h5-8,11-16,18,26,33H,4,9-10,17,31H2,1-3H3,(H,32,34)/t26-/m0/s1. The molecular formula is C29H33FN2O4. The number of anilines is 1. The highest BCUT2D eigenvalue weighted by Gasteiger charge is 2.27. The van der Waals surface area contributed by atoms with Crippen LogP contribution in [0.15, 0.2) is 66.7 Å². The number of phenols is 1. The average Bonchev–Trinajstić information content (AvgIpc) is 2.82. The molecule has 0 aliphatic heterocycles. The van der Waals surface area contributed by atoms with Crippen LogP contribution in [0, 0.1) is 5.82 Å². The van der Waals surface area contributed by atoms with Crippen molar-refractivity contribution >= 4 is 17.6 Å².